The van der Waals surface area contributed by atoms with Crippen LogP contribution in [0.15, 0.2) is 0 Å². The van der Waals surface area contributed by atoms with E-state index in [2.05, 4.69) is 13.8 Å². The van der Waals surface area contributed by atoms with E-state index in [1.54, 1.807) is 0 Å². The van der Waals surface area contributed by atoms with Gasteiger partial charge >= 0.3 is 0 Å². The molecule has 1 aliphatic rings. The van der Waals surface area contributed by atoms with Gasteiger partial charge in [-0.25, -0.2) is 0 Å². The summed E-state index contributed by atoms with van der Waals surface area (Å²) in [5, 5.41) is 0. The first-order valence-electron chi connectivity index (χ1n) is 7.03. The molecule has 1 amide bonds. The average Bonchev–Trinajstić information content (AvgIpc) is 2.57. The van der Waals surface area contributed by atoms with Crippen LogP contribution in [0.3, 0.4) is 0 Å². The number of hydrogen-bond donors (Lipinski definition) is 0. The van der Waals surface area contributed by atoms with Crippen molar-refractivity contribution in [2.24, 2.45) is 5.92 Å². The van der Waals surface area contributed by atoms with E-state index in [0.29, 0.717) is 17.8 Å². The second kappa shape index (κ2) is 7.97. The maximum absolute atomic E-state index is 12.5. The highest BCUT2D eigenvalue weighted by Gasteiger charge is 2.26. The number of carbonyl (C=O) groups excluding carboxylic acids is 1. The summed E-state index contributed by atoms with van der Waals surface area (Å²) in [4.78, 5) is 14.5. The third-order valence-electron chi connectivity index (χ3n) is 3.64. The normalized spacial score (nSPS) is 18.1. The fourth-order valence-corrected chi connectivity index (χ4v) is 2.73. The summed E-state index contributed by atoms with van der Waals surface area (Å²) in [6.07, 6.45) is 8.11. The van der Waals surface area contributed by atoms with Gasteiger partial charge in [-0.2, -0.15) is 0 Å². The summed E-state index contributed by atoms with van der Waals surface area (Å²) in [5.74, 6) is 1.28. The first-order valence-corrected chi connectivity index (χ1v) is 7.56. The van der Waals surface area contributed by atoms with Gasteiger partial charge in [0.2, 0.25) is 5.91 Å². The molecule has 100 valence electrons. The standard InChI is InChI=1S/C14H26ClNO/c1-12(2)16(11-7-10-15)14(17)13-8-5-3-4-6-9-13/h12-13H,3-11H2,1-2H3. The van der Waals surface area contributed by atoms with Crippen molar-refractivity contribution in [1.82, 2.24) is 4.90 Å². The molecular formula is C14H26ClNO. The lowest BCUT2D eigenvalue weighted by molar-refractivity contribution is -0.137. The van der Waals surface area contributed by atoms with Crippen LogP contribution in [0, 0.1) is 5.92 Å². The summed E-state index contributed by atoms with van der Waals surface area (Å²) in [6, 6.07) is 0.300. The lowest BCUT2D eigenvalue weighted by Crippen LogP contribution is -2.41. The largest absolute Gasteiger partial charge is 0.340 e. The van der Waals surface area contributed by atoms with Gasteiger partial charge in [0.25, 0.3) is 0 Å². The topological polar surface area (TPSA) is 20.3 Å². The molecule has 0 N–H and O–H groups in total. The number of halogens is 1. The van der Waals surface area contributed by atoms with Crippen molar-refractivity contribution in [2.75, 3.05) is 12.4 Å². The minimum absolute atomic E-state index is 0.273. The Balaban J connectivity index is 2.55. The van der Waals surface area contributed by atoms with Crippen molar-refractivity contribution in [3.05, 3.63) is 0 Å². The molecule has 1 aliphatic carbocycles. The van der Waals surface area contributed by atoms with Crippen LogP contribution >= 0.6 is 11.6 Å². The van der Waals surface area contributed by atoms with E-state index < -0.39 is 0 Å². The van der Waals surface area contributed by atoms with Gasteiger partial charge in [0.1, 0.15) is 0 Å². The van der Waals surface area contributed by atoms with E-state index >= 15 is 0 Å². The summed E-state index contributed by atoms with van der Waals surface area (Å²) < 4.78 is 0. The molecule has 0 atom stereocenters. The zero-order valence-electron chi connectivity index (χ0n) is 11.3. The maximum atomic E-state index is 12.5. The molecule has 0 bridgehead atoms. The van der Waals surface area contributed by atoms with Gasteiger partial charge in [0.15, 0.2) is 0 Å². The van der Waals surface area contributed by atoms with Gasteiger partial charge in [-0.3, -0.25) is 4.79 Å². The minimum Gasteiger partial charge on any atom is -0.340 e. The van der Waals surface area contributed by atoms with Gasteiger partial charge < -0.3 is 4.90 Å². The third kappa shape index (κ3) is 4.87. The summed E-state index contributed by atoms with van der Waals surface area (Å²) in [7, 11) is 0. The molecule has 3 heteroatoms. The van der Waals surface area contributed by atoms with Crippen LogP contribution in [0.1, 0.15) is 58.8 Å². The number of hydrogen-bond acceptors (Lipinski definition) is 1. The van der Waals surface area contributed by atoms with E-state index in [4.69, 9.17) is 11.6 Å². The molecular weight excluding hydrogens is 234 g/mol. The first-order chi connectivity index (χ1) is 8.16. The molecule has 0 aromatic rings. The zero-order chi connectivity index (χ0) is 12.7. The maximum Gasteiger partial charge on any atom is 0.225 e. The smallest absolute Gasteiger partial charge is 0.225 e. The predicted octanol–water partition coefficient (Wildman–Crippen LogP) is 3.82. The number of rotatable bonds is 5. The minimum atomic E-state index is 0.273. The third-order valence-corrected chi connectivity index (χ3v) is 3.91. The highest BCUT2D eigenvalue weighted by molar-refractivity contribution is 6.17. The van der Waals surface area contributed by atoms with Gasteiger partial charge in [0.05, 0.1) is 0 Å². The van der Waals surface area contributed by atoms with Crippen molar-refractivity contribution in [3.63, 3.8) is 0 Å². The molecule has 0 saturated heterocycles. The quantitative estimate of drug-likeness (QED) is 0.543. The van der Waals surface area contributed by atoms with Gasteiger partial charge in [-0.1, -0.05) is 25.7 Å². The van der Waals surface area contributed by atoms with Crippen LogP contribution in [0.2, 0.25) is 0 Å². The van der Waals surface area contributed by atoms with Crippen LogP contribution < -0.4 is 0 Å². The Hall–Kier alpha value is -0.240. The SMILES string of the molecule is CC(C)N(CCCCl)C(=O)C1CCCCCC1. The molecule has 1 fully saturated rings. The van der Waals surface area contributed by atoms with Crippen molar-refractivity contribution < 1.29 is 4.79 Å². The van der Waals surface area contributed by atoms with Gasteiger partial charge in [0, 0.05) is 24.4 Å². The molecule has 0 aromatic carbocycles. The molecule has 17 heavy (non-hydrogen) atoms. The Morgan fingerprint density at radius 3 is 2.29 bits per heavy atom. The monoisotopic (exact) mass is 259 g/mol. The summed E-state index contributed by atoms with van der Waals surface area (Å²) in [5.41, 5.74) is 0. The highest BCUT2D eigenvalue weighted by Crippen LogP contribution is 2.25. The van der Waals surface area contributed by atoms with E-state index in [9.17, 15) is 4.79 Å². The Morgan fingerprint density at radius 2 is 1.82 bits per heavy atom. The molecule has 0 aliphatic heterocycles. The van der Waals surface area contributed by atoms with Gasteiger partial charge in [-0.15, -0.1) is 11.6 Å². The number of alkyl halides is 1. The predicted molar refractivity (Wildman–Crippen MR) is 73.4 cm³/mol. The Morgan fingerprint density at radius 1 is 1.24 bits per heavy atom. The van der Waals surface area contributed by atoms with Crippen molar-refractivity contribution in [3.8, 4) is 0 Å². The van der Waals surface area contributed by atoms with Crippen LogP contribution in [-0.2, 0) is 4.79 Å². The van der Waals surface area contributed by atoms with E-state index in [1.165, 1.54) is 25.7 Å². The molecule has 0 unspecified atom stereocenters. The lowest BCUT2D eigenvalue weighted by Gasteiger charge is -2.30. The molecule has 0 spiro atoms. The van der Waals surface area contributed by atoms with E-state index in [1.807, 2.05) is 4.90 Å². The van der Waals surface area contributed by atoms with Crippen molar-refractivity contribution in [1.29, 1.82) is 0 Å². The molecule has 1 rings (SSSR count). The second-order valence-corrected chi connectivity index (χ2v) is 5.73. The zero-order valence-corrected chi connectivity index (χ0v) is 12.0. The lowest BCUT2D eigenvalue weighted by atomic mass is 9.98. The van der Waals surface area contributed by atoms with Crippen LogP contribution in [-0.4, -0.2) is 29.3 Å². The summed E-state index contributed by atoms with van der Waals surface area (Å²) in [6.45, 7) is 5.02. The highest BCUT2D eigenvalue weighted by atomic mass is 35.5. The number of amides is 1. The Kier molecular flexibility index (Phi) is 6.94. The molecule has 0 aromatic heterocycles. The average molecular weight is 260 g/mol. The van der Waals surface area contributed by atoms with Gasteiger partial charge in [-0.05, 0) is 33.1 Å². The Labute approximate surface area is 111 Å². The first kappa shape index (κ1) is 14.8. The Bertz CT molecular complexity index is 222. The molecule has 1 saturated carbocycles. The number of carbonyl (C=O) groups is 1. The summed E-state index contributed by atoms with van der Waals surface area (Å²) >= 11 is 5.73. The fraction of sp³-hybridized carbons (Fsp3) is 0.929. The van der Waals surface area contributed by atoms with E-state index in [-0.39, 0.29) is 5.92 Å². The molecule has 0 radical (unpaired) electrons. The fourth-order valence-electron chi connectivity index (χ4n) is 2.61. The van der Waals surface area contributed by atoms with Crippen molar-refractivity contribution in [2.45, 2.75) is 64.8 Å². The van der Waals surface area contributed by atoms with E-state index in [0.717, 1.165) is 25.8 Å². The molecule has 2 nitrogen and oxygen atoms in total. The van der Waals surface area contributed by atoms with Crippen LogP contribution in [0.25, 0.3) is 0 Å². The van der Waals surface area contributed by atoms with Crippen LogP contribution in [0.4, 0.5) is 0 Å². The number of nitrogens with zero attached hydrogens (tertiary/aromatic N) is 1. The van der Waals surface area contributed by atoms with Crippen LogP contribution in [0.5, 0.6) is 0 Å². The second-order valence-electron chi connectivity index (χ2n) is 5.36. The molecule has 0 heterocycles. The van der Waals surface area contributed by atoms with Crippen molar-refractivity contribution >= 4 is 17.5 Å².